The molecule has 1 N–H and O–H groups in total. The highest BCUT2D eigenvalue weighted by Crippen LogP contribution is 2.39. The SMILES string of the molecule is CCCCCCC(O)C1Cc2ccccc2S1. The number of benzene rings is 1. The maximum absolute atomic E-state index is 10.2. The van der Waals surface area contributed by atoms with Gasteiger partial charge in [0.1, 0.15) is 0 Å². The van der Waals surface area contributed by atoms with Gasteiger partial charge in [0, 0.05) is 10.1 Å². The molecule has 1 aliphatic rings. The van der Waals surface area contributed by atoms with Gasteiger partial charge in [-0.25, -0.2) is 0 Å². The molecule has 0 spiro atoms. The van der Waals surface area contributed by atoms with Crippen LogP contribution in [0, 0.1) is 0 Å². The van der Waals surface area contributed by atoms with E-state index in [2.05, 4.69) is 31.2 Å². The maximum Gasteiger partial charge on any atom is 0.0665 e. The molecule has 0 bridgehead atoms. The number of rotatable bonds is 6. The van der Waals surface area contributed by atoms with E-state index in [9.17, 15) is 5.11 Å². The van der Waals surface area contributed by atoms with Crippen molar-refractivity contribution >= 4 is 11.8 Å². The molecule has 1 aromatic rings. The first-order valence-corrected chi connectivity index (χ1v) is 7.62. The highest BCUT2D eigenvalue weighted by Gasteiger charge is 2.27. The van der Waals surface area contributed by atoms with Gasteiger partial charge in [-0.15, -0.1) is 11.8 Å². The van der Waals surface area contributed by atoms with Crippen molar-refractivity contribution in [3.8, 4) is 0 Å². The van der Waals surface area contributed by atoms with Crippen molar-refractivity contribution in [3.63, 3.8) is 0 Å². The fourth-order valence-corrected chi connectivity index (χ4v) is 3.73. The van der Waals surface area contributed by atoms with E-state index in [-0.39, 0.29) is 6.10 Å². The number of aliphatic hydroxyl groups is 1. The van der Waals surface area contributed by atoms with E-state index in [4.69, 9.17) is 0 Å². The van der Waals surface area contributed by atoms with Gasteiger partial charge in [0.05, 0.1) is 6.10 Å². The molecule has 2 rings (SSSR count). The van der Waals surface area contributed by atoms with Crippen molar-refractivity contribution in [1.82, 2.24) is 0 Å². The second kappa shape index (κ2) is 6.46. The average molecular weight is 250 g/mol. The van der Waals surface area contributed by atoms with Crippen LogP contribution in [0.1, 0.15) is 44.6 Å². The van der Waals surface area contributed by atoms with Crippen molar-refractivity contribution in [2.24, 2.45) is 0 Å². The predicted octanol–water partition coefficient (Wildman–Crippen LogP) is 4.03. The zero-order valence-corrected chi connectivity index (χ0v) is 11.4. The van der Waals surface area contributed by atoms with E-state index in [0.29, 0.717) is 5.25 Å². The predicted molar refractivity (Wildman–Crippen MR) is 74.6 cm³/mol. The Morgan fingerprint density at radius 2 is 2.12 bits per heavy atom. The first-order valence-electron chi connectivity index (χ1n) is 6.74. The lowest BCUT2D eigenvalue weighted by atomic mass is 10.0. The lowest BCUT2D eigenvalue weighted by Crippen LogP contribution is -2.22. The molecule has 2 atom stereocenters. The van der Waals surface area contributed by atoms with Crippen molar-refractivity contribution < 1.29 is 5.11 Å². The Bertz CT molecular complexity index is 326. The third kappa shape index (κ3) is 3.49. The van der Waals surface area contributed by atoms with Crippen molar-refractivity contribution in [2.45, 2.75) is 61.7 Å². The molecule has 0 radical (unpaired) electrons. The molecule has 94 valence electrons. The van der Waals surface area contributed by atoms with Crippen molar-refractivity contribution in [3.05, 3.63) is 29.8 Å². The third-order valence-corrected chi connectivity index (χ3v) is 4.89. The van der Waals surface area contributed by atoms with E-state index >= 15 is 0 Å². The first kappa shape index (κ1) is 13.0. The Morgan fingerprint density at radius 1 is 1.29 bits per heavy atom. The van der Waals surface area contributed by atoms with Gasteiger partial charge in [0.25, 0.3) is 0 Å². The quantitative estimate of drug-likeness (QED) is 0.769. The molecule has 0 aliphatic carbocycles. The van der Waals surface area contributed by atoms with E-state index < -0.39 is 0 Å². The minimum absolute atomic E-state index is 0.135. The molecule has 2 unspecified atom stereocenters. The lowest BCUT2D eigenvalue weighted by molar-refractivity contribution is 0.158. The van der Waals surface area contributed by atoms with Gasteiger partial charge in [-0.3, -0.25) is 0 Å². The molecular formula is C15H22OS. The molecule has 2 heteroatoms. The monoisotopic (exact) mass is 250 g/mol. The van der Waals surface area contributed by atoms with Gasteiger partial charge < -0.3 is 5.11 Å². The van der Waals surface area contributed by atoms with E-state index in [0.717, 1.165) is 12.8 Å². The Balaban J connectivity index is 1.78. The number of hydrogen-bond acceptors (Lipinski definition) is 2. The van der Waals surface area contributed by atoms with Gasteiger partial charge in [0.15, 0.2) is 0 Å². The van der Waals surface area contributed by atoms with E-state index in [1.807, 2.05) is 11.8 Å². The van der Waals surface area contributed by atoms with Crippen LogP contribution < -0.4 is 0 Å². The number of hydrogen-bond donors (Lipinski definition) is 1. The van der Waals surface area contributed by atoms with Crippen LogP contribution in [-0.4, -0.2) is 16.5 Å². The normalized spacial score (nSPS) is 20.2. The van der Waals surface area contributed by atoms with Crippen LogP contribution >= 0.6 is 11.8 Å². The van der Waals surface area contributed by atoms with Gasteiger partial charge >= 0.3 is 0 Å². The van der Waals surface area contributed by atoms with Crippen molar-refractivity contribution in [2.75, 3.05) is 0 Å². The summed E-state index contributed by atoms with van der Waals surface area (Å²) in [7, 11) is 0. The molecule has 0 fully saturated rings. The molecule has 1 aliphatic heterocycles. The Hall–Kier alpha value is -0.470. The zero-order valence-electron chi connectivity index (χ0n) is 10.6. The lowest BCUT2D eigenvalue weighted by Gasteiger charge is -2.16. The highest BCUT2D eigenvalue weighted by molar-refractivity contribution is 8.00. The number of thioether (sulfide) groups is 1. The molecule has 0 saturated heterocycles. The van der Waals surface area contributed by atoms with E-state index in [1.54, 1.807) is 0 Å². The van der Waals surface area contributed by atoms with Gasteiger partial charge in [-0.2, -0.15) is 0 Å². The summed E-state index contributed by atoms with van der Waals surface area (Å²) < 4.78 is 0. The highest BCUT2D eigenvalue weighted by atomic mass is 32.2. The summed E-state index contributed by atoms with van der Waals surface area (Å²) in [6.07, 6.45) is 6.86. The van der Waals surface area contributed by atoms with E-state index in [1.165, 1.54) is 36.1 Å². The van der Waals surface area contributed by atoms with Crippen LogP contribution in [0.4, 0.5) is 0 Å². The Morgan fingerprint density at radius 3 is 2.88 bits per heavy atom. The second-order valence-electron chi connectivity index (χ2n) is 4.88. The fraction of sp³-hybridized carbons (Fsp3) is 0.600. The Kier molecular flexibility index (Phi) is 4.93. The van der Waals surface area contributed by atoms with Gasteiger partial charge in [-0.05, 0) is 24.5 Å². The molecule has 1 nitrogen and oxygen atoms in total. The summed E-state index contributed by atoms with van der Waals surface area (Å²) in [5.41, 5.74) is 1.41. The van der Waals surface area contributed by atoms with Crippen LogP contribution in [0.3, 0.4) is 0 Å². The van der Waals surface area contributed by atoms with Gasteiger partial charge in [0.2, 0.25) is 0 Å². The van der Waals surface area contributed by atoms with Crippen LogP contribution in [0.5, 0.6) is 0 Å². The number of aliphatic hydroxyl groups excluding tert-OH is 1. The van der Waals surface area contributed by atoms with Gasteiger partial charge in [-0.1, -0.05) is 50.8 Å². The molecule has 0 aromatic heterocycles. The molecule has 17 heavy (non-hydrogen) atoms. The minimum Gasteiger partial charge on any atom is -0.392 e. The summed E-state index contributed by atoms with van der Waals surface area (Å²) >= 11 is 1.86. The molecule has 1 heterocycles. The number of fused-ring (bicyclic) bond motifs is 1. The fourth-order valence-electron chi connectivity index (χ4n) is 2.39. The van der Waals surface area contributed by atoms with Crippen LogP contribution in [0.25, 0.3) is 0 Å². The van der Waals surface area contributed by atoms with Crippen LogP contribution in [-0.2, 0) is 6.42 Å². The summed E-state index contributed by atoms with van der Waals surface area (Å²) in [4.78, 5) is 1.37. The Labute approximate surface area is 109 Å². The molecule has 1 aromatic carbocycles. The first-order chi connectivity index (χ1) is 8.31. The van der Waals surface area contributed by atoms with Crippen molar-refractivity contribution in [1.29, 1.82) is 0 Å². The maximum atomic E-state index is 10.2. The summed E-state index contributed by atoms with van der Waals surface area (Å²) in [5, 5.41) is 10.6. The van der Waals surface area contributed by atoms with Crippen LogP contribution in [0.15, 0.2) is 29.2 Å². The zero-order chi connectivity index (χ0) is 12.1. The minimum atomic E-state index is -0.135. The average Bonchev–Trinajstić information content (AvgIpc) is 2.78. The summed E-state index contributed by atoms with van der Waals surface area (Å²) in [6, 6.07) is 8.53. The topological polar surface area (TPSA) is 20.2 Å². The third-order valence-electron chi connectivity index (χ3n) is 3.45. The summed E-state index contributed by atoms with van der Waals surface area (Å²) in [5.74, 6) is 0. The largest absolute Gasteiger partial charge is 0.392 e. The standard InChI is InChI=1S/C15H22OS/c1-2-3-4-5-9-13(16)15-11-12-8-6-7-10-14(12)17-15/h6-8,10,13,15-16H,2-5,9,11H2,1H3. The van der Waals surface area contributed by atoms with Crippen LogP contribution in [0.2, 0.25) is 0 Å². The molecular weight excluding hydrogens is 228 g/mol. The number of unbranched alkanes of at least 4 members (excludes halogenated alkanes) is 3. The molecule has 0 saturated carbocycles. The molecule has 0 amide bonds. The second-order valence-corrected chi connectivity index (χ2v) is 6.17. The smallest absolute Gasteiger partial charge is 0.0665 e. The summed E-state index contributed by atoms with van der Waals surface area (Å²) in [6.45, 7) is 2.22.